The molecular weight excluding hydrogens is 206 g/mol. The summed E-state index contributed by atoms with van der Waals surface area (Å²) in [4.78, 5) is 11.4. The highest BCUT2D eigenvalue weighted by Crippen LogP contribution is 2.37. The second-order valence-corrected chi connectivity index (χ2v) is 4.65. The molecule has 4 nitrogen and oxygen atoms in total. The lowest BCUT2D eigenvalue weighted by Gasteiger charge is -2.23. The van der Waals surface area contributed by atoms with Crippen LogP contribution in [0.2, 0.25) is 0 Å². The molecule has 1 aromatic carbocycles. The Morgan fingerprint density at radius 1 is 1.38 bits per heavy atom. The van der Waals surface area contributed by atoms with E-state index in [-0.39, 0.29) is 22.5 Å². The Morgan fingerprint density at radius 3 is 2.31 bits per heavy atom. The van der Waals surface area contributed by atoms with Crippen LogP contribution in [-0.2, 0) is 5.41 Å². The number of amides is 1. The second kappa shape index (κ2) is 4.04. The molecule has 1 aromatic rings. The summed E-state index contributed by atoms with van der Waals surface area (Å²) in [6.45, 7) is 5.89. The number of ether oxygens (including phenoxy) is 1. The summed E-state index contributed by atoms with van der Waals surface area (Å²) in [6.07, 6.45) is 0. The average Bonchev–Trinajstić information content (AvgIpc) is 2.14. The summed E-state index contributed by atoms with van der Waals surface area (Å²) in [7, 11) is 1.40. The molecule has 3 N–H and O–H groups in total. The van der Waals surface area contributed by atoms with Crippen LogP contribution in [0.25, 0.3) is 0 Å². The van der Waals surface area contributed by atoms with Crippen LogP contribution in [0.4, 0.5) is 0 Å². The molecule has 1 amide bonds. The molecule has 0 spiro atoms. The molecule has 0 aromatic heterocycles. The van der Waals surface area contributed by atoms with E-state index >= 15 is 0 Å². The molecular formula is C12H17NO3. The minimum atomic E-state index is -0.599. The number of aromatic hydroxyl groups is 1. The number of methoxy groups -OCH3 is 1. The summed E-state index contributed by atoms with van der Waals surface area (Å²) in [5, 5.41) is 9.60. The molecule has 0 unspecified atom stereocenters. The van der Waals surface area contributed by atoms with Crippen molar-refractivity contribution in [1.29, 1.82) is 0 Å². The van der Waals surface area contributed by atoms with Crippen LogP contribution >= 0.6 is 0 Å². The Hall–Kier alpha value is -1.71. The van der Waals surface area contributed by atoms with E-state index in [0.717, 1.165) is 5.56 Å². The fraction of sp³-hybridized carbons (Fsp3) is 0.417. The summed E-state index contributed by atoms with van der Waals surface area (Å²) in [6, 6.07) is 3.20. The number of carbonyl (C=O) groups is 1. The third-order valence-electron chi connectivity index (χ3n) is 2.40. The molecule has 0 atom stereocenters. The first-order valence-corrected chi connectivity index (χ1v) is 4.99. The zero-order valence-corrected chi connectivity index (χ0v) is 10.00. The Morgan fingerprint density at radius 2 is 1.94 bits per heavy atom. The van der Waals surface area contributed by atoms with E-state index in [0.29, 0.717) is 0 Å². The van der Waals surface area contributed by atoms with E-state index < -0.39 is 5.91 Å². The van der Waals surface area contributed by atoms with Gasteiger partial charge in [-0.05, 0) is 17.0 Å². The van der Waals surface area contributed by atoms with Crippen molar-refractivity contribution >= 4 is 5.91 Å². The lowest BCUT2D eigenvalue weighted by molar-refractivity contribution is 0.0994. The first-order chi connectivity index (χ1) is 7.29. The third-order valence-corrected chi connectivity index (χ3v) is 2.40. The zero-order chi connectivity index (χ0) is 12.5. The quantitative estimate of drug-likeness (QED) is 0.802. The van der Waals surface area contributed by atoms with Gasteiger partial charge in [0.15, 0.2) is 11.5 Å². The van der Waals surface area contributed by atoms with E-state index in [9.17, 15) is 9.90 Å². The van der Waals surface area contributed by atoms with Crippen LogP contribution in [-0.4, -0.2) is 18.1 Å². The molecule has 0 saturated heterocycles. The fourth-order valence-electron chi connectivity index (χ4n) is 1.65. The molecule has 0 bridgehead atoms. The standard InChI is InChI=1S/C12H17NO3/c1-12(2,3)7-5-6-8(14)10(16-4)9(7)11(13)15/h5-6,14H,1-4H3,(H2,13,15). The molecule has 0 aliphatic rings. The van der Waals surface area contributed by atoms with E-state index in [2.05, 4.69) is 0 Å². The molecule has 0 saturated carbocycles. The van der Waals surface area contributed by atoms with E-state index in [1.807, 2.05) is 20.8 Å². The predicted octanol–water partition coefficient (Wildman–Crippen LogP) is 1.80. The van der Waals surface area contributed by atoms with Crippen LogP contribution in [0.15, 0.2) is 12.1 Å². The van der Waals surface area contributed by atoms with Gasteiger partial charge in [-0.15, -0.1) is 0 Å². The maximum atomic E-state index is 11.4. The van der Waals surface area contributed by atoms with Gasteiger partial charge in [-0.2, -0.15) is 0 Å². The molecule has 0 fully saturated rings. The SMILES string of the molecule is COc1c(O)ccc(C(C)(C)C)c1C(N)=O. The number of phenolic OH excluding ortho intramolecular Hbond substituents is 1. The number of nitrogens with two attached hydrogens (primary N) is 1. The smallest absolute Gasteiger partial charge is 0.252 e. The Kier molecular flexibility index (Phi) is 3.12. The number of hydrogen-bond acceptors (Lipinski definition) is 3. The van der Waals surface area contributed by atoms with Gasteiger partial charge in [-0.3, -0.25) is 4.79 Å². The Bertz CT molecular complexity index is 419. The van der Waals surface area contributed by atoms with Crippen molar-refractivity contribution in [2.75, 3.05) is 7.11 Å². The van der Waals surface area contributed by atoms with Crippen molar-refractivity contribution in [2.24, 2.45) is 5.73 Å². The average molecular weight is 223 g/mol. The van der Waals surface area contributed by atoms with Crippen molar-refractivity contribution in [3.63, 3.8) is 0 Å². The maximum Gasteiger partial charge on any atom is 0.252 e. The molecule has 0 radical (unpaired) electrons. The molecule has 4 heteroatoms. The number of primary amides is 1. The number of hydrogen-bond donors (Lipinski definition) is 2. The normalized spacial score (nSPS) is 11.2. The van der Waals surface area contributed by atoms with Crippen molar-refractivity contribution in [3.05, 3.63) is 23.3 Å². The second-order valence-electron chi connectivity index (χ2n) is 4.65. The first-order valence-electron chi connectivity index (χ1n) is 4.99. The lowest BCUT2D eigenvalue weighted by atomic mass is 9.83. The van der Waals surface area contributed by atoms with Gasteiger partial charge in [0.2, 0.25) is 0 Å². The van der Waals surface area contributed by atoms with Crippen molar-refractivity contribution in [2.45, 2.75) is 26.2 Å². The number of carbonyl (C=O) groups excluding carboxylic acids is 1. The highest BCUT2D eigenvalue weighted by atomic mass is 16.5. The number of benzene rings is 1. The summed E-state index contributed by atoms with van der Waals surface area (Å²) < 4.78 is 5.02. The summed E-state index contributed by atoms with van der Waals surface area (Å²) in [5.41, 5.74) is 6.09. The van der Waals surface area contributed by atoms with E-state index in [1.165, 1.54) is 13.2 Å². The highest BCUT2D eigenvalue weighted by Gasteiger charge is 2.25. The number of phenols is 1. The van der Waals surface area contributed by atoms with Gasteiger partial charge >= 0.3 is 0 Å². The van der Waals surface area contributed by atoms with Crippen molar-refractivity contribution in [3.8, 4) is 11.5 Å². The van der Waals surface area contributed by atoms with Crippen LogP contribution in [0.5, 0.6) is 11.5 Å². The highest BCUT2D eigenvalue weighted by molar-refractivity contribution is 5.98. The lowest BCUT2D eigenvalue weighted by Crippen LogP contribution is -2.22. The fourth-order valence-corrected chi connectivity index (χ4v) is 1.65. The molecule has 0 aliphatic carbocycles. The Labute approximate surface area is 95.0 Å². The Balaban J connectivity index is 3.58. The van der Waals surface area contributed by atoms with Crippen molar-refractivity contribution < 1.29 is 14.6 Å². The minimum Gasteiger partial charge on any atom is -0.504 e. The predicted molar refractivity (Wildman–Crippen MR) is 61.9 cm³/mol. The van der Waals surface area contributed by atoms with Gasteiger partial charge in [0.05, 0.1) is 12.7 Å². The first kappa shape index (κ1) is 12.4. The van der Waals surface area contributed by atoms with Crippen LogP contribution in [0, 0.1) is 0 Å². The summed E-state index contributed by atoms with van der Waals surface area (Å²) in [5.74, 6) is -0.540. The van der Waals surface area contributed by atoms with Gasteiger partial charge in [0, 0.05) is 0 Å². The molecule has 88 valence electrons. The van der Waals surface area contributed by atoms with Gasteiger partial charge in [0.25, 0.3) is 5.91 Å². The zero-order valence-electron chi connectivity index (χ0n) is 10.00. The molecule has 0 heterocycles. The van der Waals surface area contributed by atoms with Gasteiger partial charge < -0.3 is 15.6 Å². The van der Waals surface area contributed by atoms with Gasteiger partial charge in [0.1, 0.15) is 0 Å². The molecule has 1 rings (SSSR count). The van der Waals surface area contributed by atoms with E-state index in [1.54, 1.807) is 6.07 Å². The van der Waals surface area contributed by atoms with Gasteiger partial charge in [-0.1, -0.05) is 26.8 Å². The number of rotatable bonds is 2. The van der Waals surface area contributed by atoms with Crippen molar-refractivity contribution in [1.82, 2.24) is 0 Å². The summed E-state index contributed by atoms with van der Waals surface area (Å²) >= 11 is 0. The third kappa shape index (κ3) is 2.10. The van der Waals surface area contributed by atoms with Gasteiger partial charge in [-0.25, -0.2) is 0 Å². The van der Waals surface area contributed by atoms with E-state index in [4.69, 9.17) is 10.5 Å². The molecule has 0 aliphatic heterocycles. The van der Waals surface area contributed by atoms with Crippen LogP contribution < -0.4 is 10.5 Å². The largest absolute Gasteiger partial charge is 0.504 e. The van der Waals surface area contributed by atoms with Crippen LogP contribution in [0.1, 0.15) is 36.7 Å². The monoisotopic (exact) mass is 223 g/mol. The topological polar surface area (TPSA) is 72.6 Å². The van der Waals surface area contributed by atoms with Crippen LogP contribution in [0.3, 0.4) is 0 Å². The molecule has 16 heavy (non-hydrogen) atoms. The maximum absolute atomic E-state index is 11.4. The minimum absolute atomic E-state index is 0.0794.